The predicted molar refractivity (Wildman–Crippen MR) is 87.3 cm³/mol. The quantitative estimate of drug-likeness (QED) is 0.946. The number of hydrogen-bond acceptors (Lipinski definition) is 4. The summed E-state index contributed by atoms with van der Waals surface area (Å²) in [7, 11) is 0. The maximum absolute atomic E-state index is 12.3. The van der Waals surface area contributed by atoms with Crippen molar-refractivity contribution in [2.24, 2.45) is 5.92 Å². The number of fused-ring (bicyclic) bond motifs is 1. The van der Waals surface area contributed by atoms with Gasteiger partial charge >= 0.3 is 0 Å². The van der Waals surface area contributed by atoms with Crippen molar-refractivity contribution in [3.8, 4) is 0 Å². The standard InChI is InChI=1S/C18H19N3O2/c1-11(2)17(23)21-18-19-10-14-15(20-18)8-13(9-16(14)22)12-6-4-3-5-7-12/h3-7,10-11,13H,8-9H2,1-2H3,(H,19,20,21,23)/t13-/m1/s1. The van der Waals surface area contributed by atoms with Crippen molar-refractivity contribution < 1.29 is 9.59 Å². The van der Waals surface area contributed by atoms with Gasteiger partial charge in [-0.2, -0.15) is 0 Å². The van der Waals surface area contributed by atoms with E-state index in [1.54, 1.807) is 0 Å². The summed E-state index contributed by atoms with van der Waals surface area (Å²) in [5.74, 6) is 0.172. The van der Waals surface area contributed by atoms with Gasteiger partial charge in [-0.15, -0.1) is 0 Å². The second-order valence-corrected chi connectivity index (χ2v) is 6.14. The second-order valence-electron chi connectivity index (χ2n) is 6.14. The van der Waals surface area contributed by atoms with Crippen molar-refractivity contribution in [2.75, 3.05) is 5.32 Å². The predicted octanol–water partition coefficient (Wildman–Crippen LogP) is 2.98. The highest BCUT2D eigenvalue weighted by Gasteiger charge is 2.28. The zero-order chi connectivity index (χ0) is 16.4. The lowest BCUT2D eigenvalue weighted by Crippen LogP contribution is -2.23. The van der Waals surface area contributed by atoms with Gasteiger partial charge in [0.25, 0.3) is 0 Å². The summed E-state index contributed by atoms with van der Waals surface area (Å²) in [6.45, 7) is 3.62. The molecule has 0 saturated heterocycles. The fourth-order valence-corrected chi connectivity index (χ4v) is 2.72. The Labute approximate surface area is 135 Å². The van der Waals surface area contributed by atoms with E-state index in [-0.39, 0.29) is 29.5 Å². The van der Waals surface area contributed by atoms with Crippen LogP contribution in [0.25, 0.3) is 0 Å². The van der Waals surface area contributed by atoms with Gasteiger partial charge in [0.1, 0.15) is 0 Å². The molecule has 3 rings (SSSR count). The Morgan fingerprint density at radius 2 is 1.96 bits per heavy atom. The molecule has 2 aromatic rings. The number of amides is 1. The highest BCUT2D eigenvalue weighted by molar-refractivity contribution is 5.99. The van der Waals surface area contributed by atoms with Gasteiger partial charge in [-0.1, -0.05) is 44.2 Å². The van der Waals surface area contributed by atoms with Gasteiger partial charge in [-0.3, -0.25) is 14.9 Å². The maximum atomic E-state index is 12.3. The Hall–Kier alpha value is -2.56. The number of carbonyl (C=O) groups is 2. The molecule has 1 aliphatic rings. The van der Waals surface area contributed by atoms with Crippen LogP contribution in [0.2, 0.25) is 0 Å². The van der Waals surface area contributed by atoms with E-state index in [1.807, 2.05) is 44.2 Å². The number of carbonyl (C=O) groups excluding carboxylic acids is 2. The summed E-state index contributed by atoms with van der Waals surface area (Å²) in [6.07, 6.45) is 2.68. The number of benzene rings is 1. The first-order valence-electron chi connectivity index (χ1n) is 7.79. The van der Waals surface area contributed by atoms with Gasteiger partial charge in [0, 0.05) is 18.5 Å². The summed E-state index contributed by atoms with van der Waals surface area (Å²) < 4.78 is 0. The first-order valence-corrected chi connectivity index (χ1v) is 7.79. The molecule has 118 valence electrons. The summed E-state index contributed by atoms with van der Waals surface area (Å²) in [6, 6.07) is 9.98. The molecule has 0 aliphatic heterocycles. The topological polar surface area (TPSA) is 72.0 Å². The molecule has 5 nitrogen and oxygen atoms in total. The van der Waals surface area contributed by atoms with E-state index in [2.05, 4.69) is 15.3 Å². The van der Waals surface area contributed by atoms with Gasteiger partial charge in [-0.05, 0) is 17.9 Å². The van der Waals surface area contributed by atoms with Crippen molar-refractivity contribution in [1.29, 1.82) is 0 Å². The molecule has 1 amide bonds. The zero-order valence-electron chi connectivity index (χ0n) is 13.2. The van der Waals surface area contributed by atoms with Crippen LogP contribution in [-0.4, -0.2) is 21.7 Å². The number of Topliss-reactive ketones (excluding diaryl/α,β-unsaturated/α-hetero) is 1. The summed E-state index contributed by atoms with van der Waals surface area (Å²) in [5.41, 5.74) is 2.42. The Morgan fingerprint density at radius 1 is 1.22 bits per heavy atom. The van der Waals surface area contributed by atoms with E-state index in [0.29, 0.717) is 24.1 Å². The molecule has 0 saturated carbocycles. The molecule has 0 fully saturated rings. The minimum absolute atomic E-state index is 0.0573. The summed E-state index contributed by atoms with van der Waals surface area (Å²) in [5, 5.41) is 2.69. The summed E-state index contributed by atoms with van der Waals surface area (Å²) in [4.78, 5) is 32.6. The Balaban J connectivity index is 1.87. The van der Waals surface area contributed by atoms with E-state index in [9.17, 15) is 9.59 Å². The molecule has 0 unspecified atom stereocenters. The summed E-state index contributed by atoms with van der Waals surface area (Å²) >= 11 is 0. The lowest BCUT2D eigenvalue weighted by atomic mass is 9.82. The van der Waals surface area contributed by atoms with Crippen molar-refractivity contribution in [2.45, 2.75) is 32.6 Å². The van der Waals surface area contributed by atoms with Gasteiger partial charge < -0.3 is 0 Å². The number of nitrogens with one attached hydrogen (secondary N) is 1. The molecule has 0 radical (unpaired) electrons. The Kier molecular flexibility index (Phi) is 4.19. The van der Waals surface area contributed by atoms with Crippen LogP contribution in [0, 0.1) is 5.92 Å². The average molecular weight is 309 g/mol. The largest absolute Gasteiger partial charge is 0.294 e. The van der Waals surface area contributed by atoms with Crippen LogP contribution in [0.4, 0.5) is 5.95 Å². The van der Waals surface area contributed by atoms with Gasteiger partial charge in [-0.25, -0.2) is 9.97 Å². The van der Waals surface area contributed by atoms with Crippen LogP contribution in [0.3, 0.4) is 0 Å². The van der Waals surface area contributed by atoms with Crippen molar-refractivity contribution in [1.82, 2.24) is 9.97 Å². The number of aromatic nitrogens is 2. The zero-order valence-corrected chi connectivity index (χ0v) is 13.2. The van der Waals surface area contributed by atoms with E-state index in [1.165, 1.54) is 6.20 Å². The number of rotatable bonds is 3. The smallest absolute Gasteiger partial charge is 0.229 e. The molecule has 23 heavy (non-hydrogen) atoms. The van der Waals surface area contributed by atoms with Gasteiger partial charge in [0.05, 0.1) is 11.3 Å². The molecule has 1 aromatic carbocycles. The Bertz CT molecular complexity index is 741. The SMILES string of the molecule is CC(C)C(=O)Nc1ncc2c(n1)C[C@@H](c1ccccc1)CC2=O. The van der Waals surface area contributed by atoms with Crippen molar-refractivity contribution in [3.63, 3.8) is 0 Å². The van der Waals surface area contributed by atoms with Crippen LogP contribution >= 0.6 is 0 Å². The van der Waals surface area contributed by atoms with Gasteiger partial charge in [0.15, 0.2) is 5.78 Å². The first kappa shape index (κ1) is 15.3. The number of ketones is 1. The van der Waals surface area contributed by atoms with E-state index in [4.69, 9.17) is 0 Å². The van der Waals surface area contributed by atoms with Crippen LogP contribution < -0.4 is 5.32 Å². The third-order valence-electron chi connectivity index (χ3n) is 4.07. The molecule has 1 aliphatic carbocycles. The molecule has 0 bridgehead atoms. The number of hydrogen-bond donors (Lipinski definition) is 1. The lowest BCUT2D eigenvalue weighted by molar-refractivity contribution is -0.118. The molecule has 0 spiro atoms. The van der Waals surface area contributed by atoms with Crippen LogP contribution in [0.5, 0.6) is 0 Å². The fourth-order valence-electron chi connectivity index (χ4n) is 2.72. The monoisotopic (exact) mass is 309 g/mol. The highest BCUT2D eigenvalue weighted by atomic mass is 16.2. The molecule has 1 N–H and O–H groups in total. The second kappa shape index (κ2) is 6.28. The third-order valence-corrected chi connectivity index (χ3v) is 4.07. The number of nitrogens with zero attached hydrogens (tertiary/aromatic N) is 2. The first-order chi connectivity index (χ1) is 11.0. The maximum Gasteiger partial charge on any atom is 0.229 e. The van der Waals surface area contributed by atoms with Gasteiger partial charge in [0.2, 0.25) is 11.9 Å². The third kappa shape index (κ3) is 3.28. The minimum atomic E-state index is -0.145. The average Bonchev–Trinajstić information content (AvgIpc) is 2.55. The molecule has 1 atom stereocenters. The Morgan fingerprint density at radius 3 is 2.65 bits per heavy atom. The van der Waals surface area contributed by atoms with E-state index >= 15 is 0 Å². The molecule has 1 heterocycles. The molecular formula is C18H19N3O2. The number of anilines is 1. The fraction of sp³-hybridized carbons (Fsp3) is 0.333. The van der Waals surface area contributed by atoms with Crippen LogP contribution in [0.15, 0.2) is 36.5 Å². The van der Waals surface area contributed by atoms with E-state index in [0.717, 1.165) is 5.56 Å². The highest BCUT2D eigenvalue weighted by Crippen LogP contribution is 2.31. The normalized spacial score (nSPS) is 17.0. The molecule has 5 heteroatoms. The van der Waals surface area contributed by atoms with Crippen LogP contribution in [0.1, 0.15) is 47.8 Å². The lowest BCUT2D eigenvalue weighted by Gasteiger charge is -2.23. The van der Waals surface area contributed by atoms with E-state index < -0.39 is 0 Å². The van der Waals surface area contributed by atoms with Crippen molar-refractivity contribution in [3.05, 3.63) is 53.3 Å². The van der Waals surface area contributed by atoms with Crippen LogP contribution in [-0.2, 0) is 11.2 Å². The molecule has 1 aromatic heterocycles. The van der Waals surface area contributed by atoms with Crippen molar-refractivity contribution >= 4 is 17.6 Å². The minimum Gasteiger partial charge on any atom is -0.294 e. The molecular weight excluding hydrogens is 290 g/mol.